The van der Waals surface area contributed by atoms with Crippen molar-refractivity contribution in [1.29, 1.82) is 0 Å². The maximum atomic E-state index is 13.7. The van der Waals surface area contributed by atoms with Crippen molar-refractivity contribution in [3.8, 4) is 21.8 Å². The number of amides is 1. The highest BCUT2D eigenvalue weighted by Crippen LogP contribution is 2.30. The molecule has 0 saturated heterocycles. The molecule has 0 aliphatic heterocycles. The van der Waals surface area contributed by atoms with Gasteiger partial charge in [-0.1, -0.05) is 35.9 Å². The SMILES string of the molecule is O=C(Nc1ccc(-c2csc(-c3ccc(Cl)cc3)n2)cc1)c1ccc(F)cc1F. The Bertz CT molecular complexity index is 1170. The van der Waals surface area contributed by atoms with Crippen molar-refractivity contribution in [2.45, 2.75) is 0 Å². The molecule has 1 amide bonds. The summed E-state index contributed by atoms with van der Waals surface area (Å²) >= 11 is 7.44. The highest BCUT2D eigenvalue weighted by atomic mass is 35.5. The zero-order valence-corrected chi connectivity index (χ0v) is 16.4. The van der Waals surface area contributed by atoms with E-state index in [1.807, 2.05) is 41.8 Å². The van der Waals surface area contributed by atoms with E-state index >= 15 is 0 Å². The first-order valence-electron chi connectivity index (χ1n) is 8.58. The molecule has 4 aromatic rings. The summed E-state index contributed by atoms with van der Waals surface area (Å²) in [5.74, 6) is -2.28. The molecule has 0 saturated carbocycles. The molecule has 0 aliphatic rings. The summed E-state index contributed by atoms with van der Waals surface area (Å²) in [6.07, 6.45) is 0. The number of rotatable bonds is 4. The van der Waals surface area contributed by atoms with Gasteiger partial charge >= 0.3 is 0 Å². The van der Waals surface area contributed by atoms with Crippen LogP contribution in [-0.2, 0) is 0 Å². The summed E-state index contributed by atoms with van der Waals surface area (Å²) in [6.45, 7) is 0. The Hall–Kier alpha value is -3.09. The van der Waals surface area contributed by atoms with E-state index < -0.39 is 17.5 Å². The standard InChI is InChI=1S/C22H13ClF2N2OS/c23-15-5-1-14(2-6-15)22-27-20(12-29-22)13-3-8-17(9-4-13)26-21(28)18-10-7-16(24)11-19(18)25/h1-12H,(H,26,28). The van der Waals surface area contributed by atoms with Gasteiger partial charge in [-0.15, -0.1) is 11.3 Å². The normalized spacial score (nSPS) is 10.7. The van der Waals surface area contributed by atoms with Crippen molar-refractivity contribution in [3.63, 3.8) is 0 Å². The first kappa shape index (κ1) is 19.2. The van der Waals surface area contributed by atoms with Crippen molar-refractivity contribution in [3.05, 3.63) is 94.3 Å². The fraction of sp³-hybridized carbons (Fsp3) is 0. The van der Waals surface area contributed by atoms with Crippen LogP contribution in [0.1, 0.15) is 10.4 Å². The van der Waals surface area contributed by atoms with E-state index in [0.717, 1.165) is 34.0 Å². The van der Waals surface area contributed by atoms with E-state index in [9.17, 15) is 13.6 Å². The molecule has 0 radical (unpaired) electrons. The van der Waals surface area contributed by atoms with Crippen LogP contribution in [0.15, 0.2) is 72.1 Å². The van der Waals surface area contributed by atoms with E-state index in [2.05, 4.69) is 10.3 Å². The second kappa shape index (κ2) is 8.11. The fourth-order valence-corrected chi connectivity index (χ4v) is 3.69. The third kappa shape index (κ3) is 4.34. The minimum atomic E-state index is -0.906. The van der Waals surface area contributed by atoms with Gasteiger partial charge in [0, 0.05) is 33.3 Å². The summed E-state index contributed by atoms with van der Waals surface area (Å²) in [6, 6.07) is 17.3. The minimum Gasteiger partial charge on any atom is -0.322 e. The summed E-state index contributed by atoms with van der Waals surface area (Å²) in [7, 11) is 0. The number of thiazole rings is 1. The van der Waals surface area contributed by atoms with E-state index in [0.29, 0.717) is 16.8 Å². The van der Waals surface area contributed by atoms with E-state index in [-0.39, 0.29) is 5.56 Å². The topological polar surface area (TPSA) is 42.0 Å². The lowest BCUT2D eigenvalue weighted by atomic mass is 10.1. The number of carbonyl (C=O) groups excluding carboxylic acids is 1. The molecule has 0 aliphatic carbocycles. The van der Waals surface area contributed by atoms with E-state index in [1.165, 1.54) is 11.3 Å². The van der Waals surface area contributed by atoms with E-state index in [1.54, 1.807) is 12.1 Å². The maximum Gasteiger partial charge on any atom is 0.258 e. The predicted molar refractivity (Wildman–Crippen MR) is 112 cm³/mol. The number of benzene rings is 3. The van der Waals surface area contributed by atoms with Crippen LogP contribution in [-0.4, -0.2) is 10.9 Å². The number of nitrogens with zero attached hydrogens (tertiary/aromatic N) is 1. The van der Waals surface area contributed by atoms with E-state index in [4.69, 9.17) is 11.6 Å². The zero-order chi connectivity index (χ0) is 20.4. The van der Waals surface area contributed by atoms with Crippen molar-refractivity contribution in [2.24, 2.45) is 0 Å². The lowest BCUT2D eigenvalue weighted by Crippen LogP contribution is -2.13. The Morgan fingerprint density at radius 1 is 0.931 bits per heavy atom. The quantitative estimate of drug-likeness (QED) is 0.396. The molecule has 3 nitrogen and oxygen atoms in total. The highest BCUT2D eigenvalue weighted by Gasteiger charge is 2.13. The van der Waals surface area contributed by atoms with Crippen LogP contribution < -0.4 is 5.32 Å². The van der Waals surface area contributed by atoms with Crippen LogP contribution in [0.4, 0.5) is 14.5 Å². The molecule has 0 spiro atoms. The summed E-state index contributed by atoms with van der Waals surface area (Å²) < 4.78 is 26.7. The minimum absolute atomic E-state index is 0.220. The molecule has 1 heterocycles. The van der Waals surface area contributed by atoms with Crippen LogP contribution in [0, 0.1) is 11.6 Å². The van der Waals surface area contributed by atoms with Gasteiger partial charge in [0.05, 0.1) is 11.3 Å². The zero-order valence-electron chi connectivity index (χ0n) is 14.8. The van der Waals surface area contributed by atoms with Crippen LogP contribution in [0.2, 0.25) is 5.02 Å². The van der Waals surface area contributed by atoms with Gasteiger partial charge < -0.3 is 5.32 Å². The van der Waals surface area contributed by atoms with Gasteiger partial charge in [0.2, 0.25) is 0 Å². The van der Waals surface area contributed by atoms with Gasteiger partial charge in [0.25, 0.3) is 5.91 Å². The van der Waals surface area contributed by atoms with Crippen LogP contribution >= 0.6 is 22.9 Å². The Balaban J connectivity index is 1.49. The van der Waals surface area contributed by atoms with Crippen LogP contribution in [0.25, 0.3) is 21.8 Å². The lowest BCUT2D eigenvalue weighted by molar-refractivity contribution is 0.102. The summed E-state index contributed by atoms with van der Waals surface area (Å²) in [4.78, 5) is 16.8. The summed E-state index contributed by atoms with van der Waals surface area (Å²) in [5, 5.41) is 6.10. The second-order valence-corrected chi connectivity index (χ2v) is 7.49. The maximum absolute atomic E-state index is 13.7. The third-order valence-electron chi connectivity index (χ3n) is 4.21. The third-order valence-corrected chi connectivity index (χ3v) is 5.35. The Morgan fingerprint density at radius 3 is 2.31 bits per heavy atom. The van der Waals surface area contributed by atoms with Crippen molar-refractivity contribution >= 4 is 34.5 Å². The predicted octanol–water partition coefficient (Wildman–Crippen LogP) is 6.66. The molecule has 4 rings (SSSR count). The number of nitrogens with one attached hydrogen (secondary N) is 1. The molecule has 7 heteroatoms. The molecular weight excluding hydrogens is 414 g/mol. The molecule has 29 heavy (non-hydrogen) atoms. The van der Waals surface area contributed by atoms with Crippen LogP contribution in [0.3, 0.4) is 0 Å². The molecular formula is C22H13ClF2N2OS. The molecule has 0 atom stereocenters. The number of hydrogen-bond donors (Lipinski definition) is 1. The van der Waals surface area contributed by atoms with Gasteiger partial charge in [0.1, 0.15) is 16.6 Å². The average Bonchev–Trinajstić information content (AvgIpc) is 3.19. The number of aromatic nitrogens is 1. The molecule has 144 valence electrons. The fourth-order valence-electron chi connectivity index (χ4n) is 2.73. The first-order valence-corrected chi connectivity index (χ1v) is 9.84. The monoisotopic (exact) mass is 426 g/mol. The Kier molecular flexibility index (Phi) is 5.38. The van der Waals surface area contributed by atoms with Crippen molar-refractivity contribution in [1.82, 2.24) is 4.98 Å². The Labute approximate surface area is 174 Å². The molecule has 0 unspecified atom stereocenters. The number of anilines is 1. The number of carbonyl (C=O) groups is 1. The highest BCUT2D eigenvalue weighted by molar-refractivity contribution is 7.13. The van der Waals surface area contributed by atoms with Crippen LogP contribution in [0.5, 0.6) is 0 Å². The van der Waals surface area contributed by atoms with Gasteiger partial charge in [0.15, 0.2) is 0 Å². The Morgan fingerprint density at radius 2 is 1.62 bits per heavy atom. The largest absolute Gasteiger partial charge is 0.322 e. The summed E-state index contributed by atoms with van der Waals surface area (Å²) in [5.41, 5.74) is 2.95. The number of hydrogen-bond acceptors (Lipinski definition) is 3. The molecule has 0 fully saturated rings. The van der Waals surface area contributed by atoms with Crippen molar-refractivity contribution in [2.75, 3.05) is 5.32 Å². The first-order chi connectivity index (χ1) is 14.0. The molecule has 3 aromatic carbocycles. The van der Waals surface area contributed by atoms with Gasteiger partial charge in [-0.05, 0) is 36.4 Å². The van der Waals surface area contributed by atoms with Gasteiger partial charge in [-0.3, -0.25) is 4.79 Å². The number of halogens is 3. The van der Waals surface area contributed by atoms with Gasteiger partial charge in [-0.2, -0.15) is 0 Å². The molecule has 1 aromatic heterocycles. The van der Waals surface area contributed by atoms with Crippen molar-refractivity contribution < 1.29 is 13.6 Å². The van der Waals surface area contributed by atoms with Gasteiger partial charge in [-0.25, -0.2) is 13.8 Å². The smallest absolute Gasteiger partial charge is 0.258 e. The lowest BCUT2D eigenvalue weighted by Gasteiger charge is -2.07. The molecule has 0 bridgehead atoms. The second-order valence-electron chi connectivity index (χ2n) is 6.20. The molecule has 1 N–H and O–H groups in total. The average molecular weight is 427 g/mol.